The number of ketones is 1. The van der Waals surface area contributed by atoms with Crippen molar-refractivity contribution >= 4 is 16.7 Å². The molecule has 0 aliphatic heterocycles. The number of Topliss-reactive ketones (excluding diaryl/α,β-unsaturated/α-hetero) is 1. The maximum Gasteiger partial charge on any atom is 0.234 e. The molecule has 1 aromatic carbocycles. The number of fused-ring (bicyclic) bond motifs is 3. The fourth-order valence-electron chi connectivity index (χ4n) is 3.17. The zero-order valence-electron chi connectivity index (χ0n) is 12.2. The zero-order chi connectivity index (χ0) is 15.1. The maximum atomic E-state index is 12.4. The van der Waals surface area contributed by atoms with Gasteiger partial charge in [0.15, 0.2) is 5.78 Å². The molecule has 0 unspecified atom stereocenters. The highest BCUT2D eigenvalue weighted by Crippen LogP contribution is 2.35. The van der Waals surface area contributed by atoms with Crippen LogP contribution in [0.4, 0.5) is 0 Å². The molecule has 110 valence electrons. The molecule has 0 saturated carbocycles. The lowest BCUT2D eigenvalue weighted by molar-refractivity contribution is 0.0973. The summed E-state index contributed by atoms with van der Waals surface area (Å²) >= 11 is 0. The Morgan fingerprint density at radius 1 is 1.18 bits per heavy atom. The van der Waals surface area contributed by atoms with Gasteiger partial charge in [-0.05, 0) is 37.1 Å². The summed E-state index contributed by atoms with van der Waals surface area (Å²) in [6, 6.07) is 7.58. The van der Waals surface area contributed by atoms with Crippen LogP contribution in [0.1, 0.15) is 28.9 Å². The highest BCUT2D eigenvalue weighted by Gasteiger charge is 2.27. The fraction of sp³-hybridized carbons (Fsp3) is 0.235. The first-order valence-electron chi connectivity index (χ1n) is 7.31. The van der Waals surface area contributed by atoms with E-state index in [1.54, 1.807) is 25.6 Å². The third-order valence-corrected chi connectivity index (χ3v) is 4.12. The Bertz CT molecular complexity index is 868. The smallest absolute Gasteiger partial charge is 0.234 e. The van der Waals surface area contributed by atoms with Crippen LogP contribution in [0.25, 0.3) is 16.9 Å². The van der Waals surface area contributed by atoms with Gasteiger partial charge >= 0.3 is 0 Å². The average molecular weight is 293 g/mol. The van der Waals surface area contributed by atoms with E-state index in [1.165, 1.54) is 0 Å². The summed E-state index contributed by atoms with van der Waals surface area (Å²) < 4.78 is 7.31. The molecule has 5 heteroatoms. The van der Waals surface area contributed by atoms with E-state index in [9.17, 15) is 4.79 Å². The lowest BCUT2D eigenvalue weighted by Gasteiger charge is -2.13. The molecule has 0 atom stereocenters. The minimum Gasteiger partial charge on any atom is -0.497 e. The highest BCUT2D eigenvalue weighted by molar-refractivity contribution is 6.11. The molecule has 4 rings (SSSR count). The molecule has 5 nitrogen and oxygen atoms in total. The molecule has 0 fully saturated rings. The molecule has 2 aromatic heterocycles. The van der Waals surface area contributed by atoms with Crippen molar-refractivity contribution in [3.63, 3.8) is 0 Å². The third kappa shape index (κ3) is 1.82. The van der Waals surface area contributed by atoms with Gasteiger partial charge in [0.1, 0.15) is 5.75 Å². The molecule has 0 amide bonds. The topological polar surface area (TPSA) is 57.0 Å². The van der Waals surface area contributed by atoms with Crippen molar-refractivity contribution in [2.45, 2.75) is 19.3 Å². The third-order valence-electron chi connectivity index (χ3n) is 4.12. The standard InChI is InChI=1S/C17H15N3O2/c1-22-11-6-7-13-12(10-11)16-14(4-2-5-15(16)21)20(13)17-18-8-3-9-19-17/h3,6-10H,2,4-5H2,1H3. The molecule has 0 radical (unpaired) electrons. The van der Waals surface area contributed by atoms with Gasteiger partial charge in [0.2, 0.25) is 5.95 Å². The maximum absolute atomic E-state index is 12.4. The Hall–Kier alpha value is -2.69. The average Bonchev–Trinajstić information content (AvgIpc) is 2.90. The van der Waals surface area contributed by atoms with E-state index >= 15 is 0 Å². The molecule has 0 bridgehead atoms. The molecule has 2 heterocycles. The number of carbonyl (C=O) groups excluding carboxylic acids is 1. The number of ether oxygens (including phenoxy) is 1. The molecule has 0 saturated heterocycles. The summed E-state index contributed by atoms with van der Waals surface area (Å²) in [4.78, 5) is 21.2. The highest BCUT2D eigenvalue weighted by atomic mass is 16.5. The van der Waals surface area contributed by atoms with Crippen molar-refractivity contribution in [1.82, 2.24) is 14.5 Å². The molecule has 1 aliphatic rings. The van der Waals surface area contributed by atoms with E-state index in [4.69, 9.17) is 4.74 Å². The van der Waals surface area contributed by atoms with Gasteiger partial charge in [-0.1, -0.05) is 0 Å². The summed E-state index contributed by atoms with van der Waals surface area (Å²) in [5, 5.41) is 0.923. The van der Waals surface area contributed by atoms with Crippen LogP contribution in [0.2, 0.25) is 0 Å². The second-order valence-electron chi connectivity index (χ2n) is 5.37. The minimum absolute atomic E-state index is 0.189. The Labute approximate surface area is 127 Å². The zero-order valence-corrected chi connectivity index (χ0v) is 12.2. The van der Waals surface area contributed by atoms with Crippen LogP contribution in [-0.4, -0.2) is 27.4 Å². The SMILES string of the molecule is COc1ccc2c(c1)c1c(n2-c2ncccn2)CCCC1=O. The van der Waals surface area contributed by atoms with Gasteiger partial charge in [-0.15, -0.1) is 0 Å². The normalized spacial score (nSPS) is 14.1. The van der Waals surface area contributed by atoms with Crippen molar-refractivity contribution in [3.05, 3.63) is 47.9 Å². The summed E-state index contributed by atoms with van der Waals surface area (Å²) in [5.74, 6) is 1.54. The van der Waals surface area contributed by atoms with E-state index in [-0.39, 0.29) is 5.78 Å². The number of rotatable bonds is 2. The number of hydrogen-bond donors (Lipinski definition) is 0. The molecule has 22 heavy (non-hydrogen) atoms. The van der Waals surface area contributed by atoms with Crippen LogP contribution in [-0.2, 0) is 6.42 Å². The Balaban J connectivity index is 2.10. The van der Waals surface area contributed by atoms with Crippen LogP contribution in [0.15, 0.2) is 36.7 Å². The lowest BCUT2D eigenvalue weighted by Crippen LogP contribution is -2.13. The van der Waals surface area contributed by atoms with E-state index in [2.05, 4.69) is 9.97 Å². The van der Waals surface area contributed by atoms with Crippen molar-refractivity contribution in [3.8, 4) is 11.7 Å². The number of carbonyl (C=O) groups is 1. The van der Waals surface area contributed by atoms with Gasteiger partial charge in [-0.2, -0.15) is 0 Å². The van der Waals surface area contributed by atoms with Gasteiger partial charge in [0.05, 0.1) is 12.6 Å². The second kappa shape index (κ2) is 4.94. The van der Waals surface area contributed by atoms with Crippen LogP contribution in [0.5, 0.6) is 5.75 Å². The summed E-state index contributed by atoms with van der Waals surface area (Å²) in [5.41, 5.74) is 2.76. The number of nitrogens with zero attached hydrogens (tertiary/aromatic N) is 3. The molecule has 1 aliphatic carbocycles. The van der Waals surface area contributed by atoms with Crippen molar-refractivity contribution in [2.75, 3.05) is 7.11 Å². The van der Waals surface area contributed by atoms with Crippen LogP contribution in [0.3, 0.4) is 0 Å². The first-order valence-corrected chi connectivity index (χ1v) is 7.31. The molecule has 0 N–H and O–H groups in total. The monoisotopic (exact) mass is 293 g/mol. The van der Waals surface area contributed by atoms with Gasteiger partial charge in [0, 0.05) is 35.5 Å². The van der Waals surface area contributed by atoms with Gasteiger partial charge in [0.25, 0.3) is 0 Å². The van der Waals surface area contributed by atoms with Gasteiger partial charge in [-0.25, -0.2) is 9.97 Å². The fourth-order valence-corrected chi connectivity index (χ4v) is 3.17. The number of hydrogen-bond acceptors (Lipinski definition) is 4. The summed E-state index contributed by atoms with van der Waals surface area (Å²) in [6.45, 7) is 0. The van der Waals surface area contributed by atoms with Crippen LogP contribution < -0.4 is 4.74 Å². The van der Waals surface area contributed by atoms with Crippen molar-refractivity contribution in [2.24, 2.45) is 0 Å². The van der Waals surface area contributed by atoms with Gasteiger partial charge in [-0.3, -0.25) is 9.36 Å². The summed E-state index contributed by atoms with van der Waals surface area (Å²) in [6.07, 6.45) is 5.75. The molecular weight excluding hydrogens is 278 g/mol. The minimum atomic E-state index is 0.189. The first kappa shape index (κ1) is 13.0. The number of methoxy groups -OCH3 is 1. The lowest BCUT2D eigenvalue weighted by atomic mass is 9.94. The van der Waals surface area contributed by atoms with E-state index < -0.39 is 0 Å². The van der Waals surface area contributed by atoms with Crippen LogP contribution in [0, 0.1) is 0 Å². The van der Waals surface area contributed by atoms with Crippen molar-refractivity contribution in [1.29, 1.82) is 0 Å². The molecular formula is C17H15N3O2. The van der Waals surface area contributed by atoms with Gasteiger partial charge < -0.3 is 4.74 Å². The summed E-state index contributed by atoms with van der Waals surface area (Å²) in [7, 11) is 1.63. The first-order chi connectivity index (χ1) is 10.8. The Kier molecular flexibility index (Phi) is 2.92. The Morgan fingerprint density at radius 3 is 2.77 bits per heavy atom. The van der Waals surface area contributed by atoms with E-state index in [0.717, 1.165) is 40.8 Å². The second-order valence-corrected chi connectivity index (χ2v) is 5.37. The largest absolute Gasteiger partial charge is 0.497 e. The number of benzene rings is 1. The molecule has 3 aromatic rings. The van der Waals surface area contributed by atoms with E-state index in [1.807, 2.05) is 22.8 Å². The van der Waals surface area contributed by atoms with Crippen LogP contribution >= 0.6 is 0 Å². The quantitative estimate of drug-likeness (QED) is 0.729. The van der Waals surface area contributed by atoms with Crippen molar-refractivity contribution < 1.29 is 9.53 Å². The molecule has 0 spiro atoms. The Morgan fingerprint density at radius 2 is 2.00 bits per heavy atom. The predicted octanol–water partition coefficient (Wildman–Crippen LogP) is 2.95. The number of aromatic nitrogens is 3. The predicted molar refractivity (Wildman–Crippen MR) is 82.7 cm³/mol. The van der Waals surface area contributed by atoms with E-state index in [0.29, 0.717) is 12.4 Å².